The number of amides is 1. The number of primary amides is 1. The summed E-state index contributed by atoms with van der Waals surface area (Å²) in [5.74, 6) is -0.427. The van der Waals surface area contributed by atoms with Crippen LogP contribution in [0.5, 0.6) is 0 Å². The van der Waals surface area contributed by atoms with E-state index in [9.17, 15) is 4.79 Å². The molecule has 1 aromatic heterocycles. The molecule has 0 saturated carbocycles. The van der Waals surface area contributed by atoms with Crippen molar-refractivity contribution in [1.29, 1.82) is 0 Å². The lowest BCUT2D eigenvalue weighted by molar-refractivity contribution is -0.116. The van der Waals surface area contributed by atoms with Crippen LogP contribution in [0.3, 0.4) is 0 Å². The smallest absolute Gasteiger partial charge is 0.236 e. The Labute approximate surface area is 86.5 Å². The topological polar surface area (TPSA) is 94.0 Å². The van der Waals surface area contributed by atoms with Gasteiger partial charge in [-0.15, -0.1) is 0 Å². The molecule has 1 heterocycles. The molecule has 5 nitrogen and oxygen atoms in total. The Kier molecular flexibility index (Phi) is 3.35. The number of nitrogens with two attached hydrogens (primary N) is 2. The summed E-state index contributed by atoms with van der Waals surface area (Å²) in [6.07, 6.45) is 1.54. The largest absolute Gasteiger partial charge is 0.388 e. The van der Waals surface area contributed by atoms with Gasteiger partial charge in [-0.3, -0.25) is 9.78 Å². The average Bonchev–Trinajstić information content (AvgIpc) is 2.15. The molecular weight excluding hydrogens is 200 g/mol. The number of nitrogens with one attached hydrogen (secondary N) is 1. The molecule has 1 amide bonds. The standard InChI is InChI=1S/C8H10N4OS/c9-7(13)4-11-5-1-2-6(8(10)14)12-3-5/h1-3,11H,4H2,(H2,9,13)(H2,10,14). The van der Waals surface area contributed by atoms with Crippen LogP contribution in [0.1, 0.15) is 5.69 Å². The molecule has 0 radical (unpaired) electrons. The van der Waals surface area contributed by atoms with Crippen LogP contribution in [0.25, 0.3) is 0 Å². The lowest BCUT2D eigenvalue weighted by atomic mass is 10.3. The Morgan fingerprint density at radius 3 is 2.64 bits per heavy atom. The number of carbonyl (C=O) groups is 1. The first-order chi connectivity index (χ1) is 6.59. The van der Waals surface area contributed by atoms with E-state index in [1.165, 1.54) is 6.20 Å². The summed E-state index contributed by atoms with van der Waals surface area (Å²) < 4.78 is 0. The van der Waals surface area contributed by atoms with E-state index in [0.29, 0.717) is 11.4 Å². The summed E-state index contributed by atoms with van der Waals surface area (Å²) in [4.78, 5) is 14.7. The van der Waals surface area contributed by atoms with Crippen LogP contribution in [-0.4, -0.2) is 22.4 Å². The van der Waals surface area contributed by atoms with Crippen molar-refractivity contribution in [2.24, 2.45) is 11.5 Å². The third-order valence-corrected chi connectivity index (χ3v) is 1.69. The number of carbonyl (C=O) groups excluding carboxylic acids is 1. The van der Waals surface area contributed by atoms with E-state index in [4.69, 9.17) is 23.7 Å². The average molecular weight is 210 g/mol. The highest BCUT2D eigenvalue weighted by molar-refractivity contribution is 7.80. The number of hydrogen-bond donors (Lipinski definition) is 3. The highest BCUT2D eigenvalue weighted by Crippen LogP contribution is 2.05. The van der Waals surface area contributed by atoms with Crippen LogP contribution >= 0.6 is 12.2 Å². The Morgan fingerprint density at radius 2 is 2.21 bits per heavy atom. The van der Waals surface area contributed by atoms with Crippen molar-refractivity contribution >= 4 is 28.8 Å². The molecule has 14 heavy (non-hydrogen) atoms. The first-order valence-corrected chi connectivity index (χ1v) is 4.28. The van der Waals surface area contributed by atoms with Crippen molar-refractivity contribution in [1.82, 2.24) is 4.98 Å². The van der Waals surface area contributed by atoms with Gasteiger partial charge >= 0.3 is 0 Å². The maximum atomic E-state index is 10.4. The van der Waals surface area contributed by atoms with Crippen LogP contribution in [0, 0.1) is 0 Å². The first-order valence-electron chi connectivity index (χ1n) is 3.87. The molecule has 1 aromatic rings. The number of pyridine rings is 1. The number of thiocarbonyl (C=S) groups is 1. The number of aromatic nitrogens is 1. The Balaban J connectivity index is 2.64. The molecule has 0 spiro atoms. The van der Waals surface area contributed by atoms with E-state index in [0.717, 1.165) is 0 Å². The number of anilines is 1. The Hall–Kier alpha value is -1.69. The molecule has 0 fully saturated rings. The highest BCUT2D eigenvalue weighted by Gasteiger charge is 1.98. The third kappa shape index (κ3) is 2.98. The van der Waals surface area contributed by atoms with Crippen LogP contribution in [0.15, 0.2) is 18.3 Å². The minimum atomic E-state index is -0.427. The summed E-state index contributed by atoms with van der Waals surface area (Å²) in [7, 11) is 0. The predicted octanol–water partition coefficient (Wildman–Crippen LogP) is -0.387. The maximum absolute atomic E-state index is 10.4. The second kappa shape index (κ2) is 4.52. The summed E-state index contributed by atoms with van der Waals surface area (Å²) in [6, 6.07) is 3.40. The summed E-state index contributed by atoms with van der Waals surface area (Å²) in [5, 5.41) is 2.79. The van der Waals surface area contributed by atoms with Crippen molar-refractivity contribution in [3.63, 3.8) is 0 Å². The molecule has 0 atom stereocenters. The lowest BCUT2D eigenvalue weighted by Gasteiger charge is -2.03. The minimum absolute atomic E-state index is 0.0775. The molecule has 0 saturated heterocycles. The summed E-state index contributed by atoms with van der Waals surface area (Å²) >= 11 is 4.73. The molecule has 0 aliphatic rings. The maximum Gasteiger partial charge on any atom is 0.236 e. The quantitative estimate of drug-likeness (QED) is 0.588. The van der Waals surface area contributed by atoms with Crippen molar-refractivity contribution in [2.45, 2.75) is 0 Å². The Morgan fingerprint density at radius 1 is 1.50 bits per heavy atom. The van der Waals surface area contributed by atoms with E-state index < -0.39 is 5.91 Å². The Bertz CT molecular complexity index is 349. The van der Waals surface area contributed by atoms with Gasteiger partial charge in [0.25, 0.3) is 0 Å². The molecule has 5 N–H and O–H groups in total. The van der Waals surface area contributed by atoms with Gasteiger partial charge in [-0.1, -0.05) is 12.2 Å². The normalized spacial score (nSPS) is 9.43. The number of hydrogen-bond acceptors (Lipinski definition) is 4. The monoisotopic (exact) mass is 210 g/mol. The molecule has 0 aliphatic carbocycles. The van der Waals surface area contributed by atoms with E-state index in [2.05, 4.69) is 10.3 Å². The fourth-order valence-electron chi connectivity index (χ4n) is 0.833. The van der Waals surface area contributed by atoms with E-state index in [1.54, 1.807) is 12.1 Å². The molecule has 0 aromatic carbocycles. The van der Waals surface area contributed by atoms with Crippen molar-refractivity contribution < 1.29 is 4.79 Å². The SMILES string of the molecule is NC(=O)CNc1ccc(C(N)=S)nc1. The van der Waals surface area contributed by atoms with Gasteiger partial charge in [0.15, 0.2) is 0 Å². The molecular formula is C8H10N4OS. The second-order valence-electron chi connectivity index (χ2n) is 2.62. The fourth-order valence-corrected chi connectivity index (χ4v) is 0.954. The van der Waals surface area contributed by atoms with E-state index >= 15 is 0 Å². The summed E-state index contributed by atoms with van der Waals surface area (Å²) in [6.45, 7) is 0.0775. The molecule has 0 aliphatic heterocycles. The summed E-state index contributed by atoms with van der Waals surface area (Å²) in [5.41, 5.74) is 11.6. The van der Waals surface area contributed by atoms with Gasteiger partial charge in [-0.25, -0.2) is 0 Å². The van der Waals surface area contributed by atoms with Gasteiger partial charge < -0.3 is 16.8 Å². The van der Waals surface area contributed by atoms with Gasteiger partial charge in [-0.2, -0.15) is 0 Å². The van der Waals surface area contributed by atoms with Crippen molar-refractivity contribution in [3.8, 4) is 0 Å². The van der Waals surface area contributed by atoms with Gasteiger partial charge in [0.05, 0.1) is 24.1 Å². The molecule has 0 bridgehead atoms. The predicted molar refractivity (Wildman–Crippen MR) is 57.8 cm³/mol. The van der Waals surface area contributed by atoms with Crippen molar-refractivity contribution in [3.05, 3.63) is 24.0 Å². The van der Waals surface area contributed by atoms with Crippen LogP contribution in [-0.2, 0) is 4.79 Å². The highest BCUT2D eigenvalue weighted by atomic mass is 32.1. The van der Waals surface area contributed by atoms with Gasteiger partial charge in [0.1, 0.15) is 4.99 Å². The number of nitrogens with zero attached hydrogens (tertiary/aromatic N) is 1. The molecule has 6 heteroatoms. The third-order valence-electron chi connectivity index (χ3n) is 1.48. The molecule has 1 rings (SSSR count). The van der Waals surface area contributed by atoms with E-state index in [1.807, 2.05) is 0 Å². The van der Waals surface area contributed by atoms with Gasteiger partial charge in [0, 0.05) is 0 Å². The zero-order valence-electron chi connectivity index (χ0n) is 7.36. The van der Waals surface area contributed by atoms with Gasteiger partial charge in [0.2, 0.25) is 5.91 Å². The lowest BCUT2D eigenvalue weighted by Crippen LogP contribution is -2.22. The van der Waals surface area contributed by atoms with Gasteiger partial charge in [-0.05, 0) is 12.1 Å². The first kappa shape index (κ1) is 10.4. The zero-order valence-corrected chi connectivity index (χ0v) is 8.17. The molecule has 74 valence electrons. The molecule has 0 unspecified atom stereocenters. The minimum Gasteiger partial charge on any atom is -0.388 e. The zero-order chi connectivity index (χ0) is 10.6. The van der Waals surface area contributed by atoms with Crippen LogP contribution < -0.4 is 16.8 Å². The van der Waals surface area contributed by atoms with E-state index in [-0.39, 0.29) is 11.5 Å². The van der Waals surface area contributed by atoms with Crippen LogP contribution in [0.4, 0.5) is 5.69 Å². The second-order valence-corrected chi connectivity index (χ2v) is 3.06. The van der Waals surface area contributed by atoms with Crippen LogP contribution in [0.2, 0.25) is 0 Å². The fraction of sp³-hybridized carbons (Fsp3) is 0.125. The number of rotatable bonds is 4. The van der Waals surface area contributed by atoms with Crippen molar-refractivity contribution in [2.75, 3.05) is 11.9 Å².